The Hall–Kier alpha value is -2.68. The van der Waals surface area contributed by atoms with Crippen molar-refractivity contribution in [3.8, 4) is 0 Å². The average Bonchev–Trinajstić information content (AvgIpc) is 3.08. The van der Waals surface area contributed by atoms with Crippen LogP contribution in [-0.2, 0) is 28.0 Å². The van der Waals surface area contributed by atoms with Gasteiger partial charge in [-0.3, -0.25) is 19.1 Å². The predicted octanol–water partition coefficient (Wildman–Crippen LogP) is 1.33. The van der Waals surface area contributed by atoms with Gasteiger partial charge in [-0.15, -0.1) is 0 Å². The Morgan fingerprint density at radius 3 is 2.67 bits per heavy atom. The number of likely N-dealkylation sites (N-methyl/N-ethyl adjacent to an activating group) is 1. The number of hydrogen-bond donors (Lipinski definition) is 2. The molecule has 1 atom stereocenters. The minimum Gasteiger partial charge on any atom is -0.344 e. The molecule has 0 spiro atoms. The van der Waals surface area contributed by atoms with Crippen molar-refractivity contribution < 1.29 is 14.4 Å². The maximum atomic E-state index is 12.6. The molecule has 0 fully saturated rings. The van der Waals surface area contributed by atoms with E-state index in [9.17, 15) is 14.4 Å². The van der Waals surface area contributed by atoms with E-state index in [0.29, 0.717) is 12.1 Å². The van der Waals surface area contributed by atoms with Crippen molar-refractivity contribution in [3.63, 3.8) is 0 Å². The van der Waals surface area contributed by atoms with Crippen molar-refractivity contribution >= 4 is 39.3 Å². The average molecular weight is 434 g/mol. The summed E-state index contributed by atoms with van der Waals surface area (Å²) >= 11 is 3.38. The molecule has 1 aliphatic rings. The quantitative estimate of drug-likeness (QED) is 0.710. The van der Waals surface area contributed by atoms with Crippen LogP contribution in [-0.4, -0.2) is 34.0 Å². The van der Waals surface area contributed by atoms with E-state index >= 15 is 0 Å². The van der Waals surface area contributed by atoms with Crippen LogP contribution < -0.4 is 15.5 Å². The maximum Gasteiger partial charge on any atom is 0.310 e. The first-order valence-corrected chi connectivity index (χ1v) is 9.29. The van der Waals surface area contributed by atoms with Crippen LogP contribution in [0.2, 0.25) is 0 Å². The van der Waals surface area contributed by atoms with Crippen molar-refractivity contribution in [2.45, 2.75) is 26.4 Å². The second-order valence-electron chi connectivity index (χ2n) is 6.29. The van der Waals surface area contributed by atoms with E-state index < -0.39 is 17.9 Å². The van der Waals surface area contributed by atoms with E-state index in [-0.39, 0.29) is 12.5 Å². The number of nitrogens with zero attached hydrogens (tertiary/aromatic N) is 3. The third-order valence-electron chi connectivity index (χ3n) is 4.46. The van der Waals surface area contributed by atoms with E-state index in [1.807, 2.05) is 26.0 Å². The van der Waals surface area contributed by atoms with E-state index in [4.69, 9.17) is 0 Å². The molecule has 2 N–H and O–H groups in total. The Morgan fingerprint density at radius 1 is 1.30 bits per heavy atom. The zero-order chi connectivity index (χ0) is 19.7. The third kappa shape index (κ3) is 3.73. The van der Waals surface area contributed by atoms with Crippen LogP contribution in [0, 0.1) is 6.92 Å². The number of carbonyl (C=O) groups excluding carboxylic acids is 3. The van der Waals surface area contributed by atoms with Crippen molar-refractivity contribution in [1.29, 1.82) is 0 Å². The molecule has 142 valence electrons. The number of anilines is 1. The van der Waals surface area contributed by atoms with Gasteiger partial charge in [0.25, 0.3) is 5.91 Å². The molecule has 2 aromatic rings. The van der Waals surface area contributed by atoms with Crippen molar-refractivity contribution in [2.75, 3.05) is 11.4 Å². The molecule has 8 nitrogen and oxygen atoms in total. The van der Waals surface area contributed by atoms with Crippen LogP contribution >= 0.6 is 15.9 Å². The van der Waals surface area contributed by atoms with Crippen molar-refractivity contribution in [2.24, 2.45) is 7.05 Å². The topological polar surface area (TPSA) is 96.3 Å². The number of aryl methyl sites for hydroxylation is 2. The minimum absolute atomic E-state index is 0.188. The molecule has 9 heteroatoms. The molecule has 3 rings (SSSR count). The molecule has 1 unspecified atom stereocenters. The van der Waals surface area contributed by atoms with Crippen LogP contribution in [0.1, 0.15) is 29.8 Å². The van der Waals surface area contributed by atoms with Crippen LogP contribution in [0.25, 0.3) is 0 Å². The van der Waals surface area contributed by atoms with Gasteiger partial charge in [0.2, 0.25) is 0 Å². The highest BCUT2D eigenvalue weighted by Gasteiger charge is 2.38. The fraction of sp³-hybridized carbons (Fsp3) is 0.333. The number of halogens is 1. The van der Waals surface area contributed by atoms with E-state index in [1.165, 1.54) is 0 Å². The van der Waals surface area contributed by atoms with Gasteiger partial charge in [0.05, 0.1) is 5.69 Å². The first-order valence-electron chi connectivity index (χ1n) is 8.50. The van der Waals surface area contributed by atoms with Crippen LogP contribution in [0.4, 0.5) is 5.69 Å². The van der Waals surface area contributed by atoms with Gasteiger partial charge < -0.3 is 15.5 Å². The molecule has 1 aromatic heterocycles. The number of carbonyl (C=O) groups is 3. The highest BCUT2D eigenvalue weighted by Crippen LogP contribution is 2.37. The number of benzene rings is 1. The summed E-state index contributed by atoms with van der Waals surface area (Å²) in [7, 11) is 1.78. The lowest BCUT2D eigenvalue weighted by Gasteiger charge is -2.15. The SMILES string of the molecule is CCN1C(=O)C(NC(=O)C(=O)NCc2cn(C)nc2C)c2cc(Br)ccc21. The van der Waals surface area contributed by atoms with E-state index in [0.717, 1.165) is 21.4 Å². The van der Waals surface area contributed by atoms with E-state index in [1.54, 1.807) is 28.9 Å². The molecule has 1 aliphatic heterocycles. The van der Waals surface area contributed by atoms with Crippen LogP contribution in [0.5, 0.6) is 0 Å². The number of aromatic nitrogens is 2. The molecular weight excluding hydrogens is 414 g/mol. The van der Waals surface area contributed by atoms with Gasteiger partial charge in [-0.2, -0.15) is 5.10 Å². The normalized spacial score (nSPS) is 15.6. The number of nitrogens with one attached hydrogen (secondary N) is 2. The van der Waals surface area contributed by atoms with E-state index in [2.05, 4.69) is 31.7 Å². The molecule has 0 saturated carbocycles. The fourth-order valence-electron chi connectivity index (χ4n) is 3.15. The summed E-state index contributed by atoms with van der Waals surface area (Å²) in [5.41, 5.74) is 3.01. The van der Waals surface area contributed by atoms with Gasteiger partial charge in [-0.1, -0.05) is 15.9 Å². The molecule has 1 aromatic carbocycles. The molecule has 27 heavy (non-hydrogen) atoms. The zero-order valence-electron chi connectivity index (χ0n) is 15.2. The standard InChI is InChI=1S/C18H20BrN5O3/c1-4-24-14-6-5-12(19)7-13(14)15(18(24)27)21-17(26)16(25)20-8-11-9-23(3)22-10(11)2/h5-7,9,15H,4,8H2,1-3H3,(H,20,25)(H,21,26). The summed E-state index contributed by atoms with van der Waals surface area (Å²) in [5, 5.41) is 9.30. The monoisotopic (exact) mass is 433 g/mol. The lowest BCUT2D eigenvalue weighted by atomic mass is 10.1. The van der Waals surface area contributed by atoms with Crippen molar-refractivity contribution in [1.82, 2.24) is 20.4 Å². The Kier molecular flexibility index (Phi) is 5.31. The molecule has 0 saturated heterocycles. The minimum atomic E-state index is -0.879. The molecular formula is C18H20BrN5O3. The van der Waals surface area contributed by atoms with Gasteiger partial charge in [-0.25, -0.2) is 0 Å². The molecule has 0 aliphatic carbocycles. The van der Waals surface area contributed by atoms with Gasteiger partial charge >= 0.3 is 11.8 Å². The molecule has 2 heterocycles. The fourth-order valence-corrected chi connectivity index (χ4v) is 3.53. The lowest BCUT2D eigenvalue weighted by Crippen LogP contribution is -2.44. The Labute approximate surface area is 165 Å². The summed E-state index contributed by atoms with van der Waals surface area (Å²) in [4.78, 5) is 38.7. The molecule has 0 radical (unpaired) electrons. The maximum absolute atomic E-state index is 12.6. The number of amides is 3. The van der Waals surface area contributed by atoms with Gasteiger partial charge in [0.15, 0.2) is 0 Å². The lowest BCUT2D eigenvalue weighted by molar-refractivity contribution is -0.140. The largest absolute Gasteiger partial charge is 0.344 e. The highest BCUT2D eigenvalue weighted by molar-refractivity contribution is 9.10. The first-order chi connectivity index (χ1) is 12.8. The van der Waals surface area contributed by atoms with Gasteiger partial charge in [0, 0.05) is 47.6 Å². The Balaban J connectivity index is 1.70. The second-order valence-corrected chi connectivity index (χ2v) is 7.20. The second kappa shape index (κ2) is 7.51. The summed E-state index contributed by atoms with van der Waals surface area (Å²) in [6, 6.07) is 4.56. The number of fused-ring (bicyclic) bond motifs is 1. The summed E-state index contributed by atoms with van der Waals surface area (Å²) < 4.78 is 2.44. The van der Waals surface area contributed by atoms with Crippen LogP contribution in [0.3, 0.4) is 0 Å². The van der Waals surface area contributed by atoms with Crippen LogP contribution in [0.15, 0.2) is 28.9 Å². The Bertz CT molecular complexity index is 924. The molecule has 0 bridgehead atoms. The zero-order valence-corrected chi connectivity index (χ0v) is 16.8. The van der Waals surface area contributed by atoms with Crippen molar-refractivity contribution in [3.05, 3.63) is 45.7 Å². The van der Waals surface area contributed by atoms with Gasteiger partial charge in [0.1, 0.15) is 6.04 Å². The smallest absolute Gasteiger partial charge is 0.310 e. The third-order valence-corrected chi connectivity index (χ3v) is 4.95. The Morgan fingerprint density at radius 2 is 2.04 bits per heavy atom. The predicted molar refractivity (Wildman–Crippen MR) is 103 cm³/mol. The number of hydrogen-bond acceptors (Lipinski definition) is 4. The summed E-state index contributed by atoms with van der Waals surface area (Å²) in [6.45, 7) is 4.35. The summed E-state index contributed by atoms with van der Waals surface area (Å²) in [6.07, 6.45) is 1.78. The highest BCUT2D eigenvalue weighted by atomic mass is 79.9. The number of rotatable bonds is 4. The van der Waals surface area contributed by atoms with Gasteiger partial charge in [-0.05, 0) is 32.0 Å². The molecule has 3 amide bonds. The first kappa shape index (κ1) is 19.1. The summed E-state index contributed by atoms with van der Waals surface area (Å²) in [5.74, 6) is -1.90.